The van der Waals surface area contributed by atoms with Gasteiger partial charge in [-0.3, -0.25) is 4.90 Å². The number of nitrogens with zero attached hydrogens (tertiary/aromatic N) is 1. The number of hydrogen-bond donors (Lipinski definition) is 1. The third kappa shape index (κ3) is 4.88. The molecule has 2 rings (SSSR count). The molecule has 1 aliphatic heterocycles. The monoisotopic (exact) mass is 340 g/mol. The predicted molar refractivity (Wildman–Crippen MR) is 87.2 cm³/mol. The van der Waals surface area contributed by atoms with E-state index in [1.54, 1.807) is 20.3 Å². The first kappa shape index (κ1) is 20.2. The van der Waals surface area contributed by atoms with Gasteiger partial charge in [-0.15, -0.1) is 24.8 Å². The van der Waals surface area contributed by atoms with Crippen LogP contribution in [0.25, 0.3) is 0 Å². The van der Waals surface area contributed by atoms with Gasteiger partial charge in [-0.25, -0.2) is 4.39 Å². The highest BCUT2D eigenvalue weighted by Gasteiger charge is 2.25. The molecule has 0 aromatic heterocycles. The minimum atomic E-state index is -0.414. The van der Waals surface area contributed by atoms with Crippen LogP contribution in [-0.2, 0) is 0 Å². The quantitative estimate of drug-likeness (QED) is 0.892. The van der Waals surface area contributed by atoms with Crippen molar-refractivity contribution in [3.63, 3.8) is 0 Å². The number of piperazine rings is 1. The molecule has 0 saturated carbocycles. The molecular weight excluding hydrogens is 318 g/mol. The lowest BCUT2D eigenvalue weighted by molar-refractivity contribution is 0.145. The molecule has 122 valence electrons. The first-order valence-corrected chi connectivity index (χ1v) is 6.52. The fourth-order valence-corrected chi connectivity index (χ4v) is 2.46. The van der Waals surface area contributed by atoms with E-state index in [1.165, 1.54) is 0 Å². The van der Waals surface area contributed by atoms with Gasteiger partial charge in [-0.05, 0) is 12.1 Å². The molecule has 1 saturated heterocycles. The molecule has 0 unspecified atom stereocenters. The van der Waals surface area contributed by atoms with Gasteiger partial charge < -0.3 is 14.8 Å². The fourth-order valence-electron chi connectivity index (χ4n) is 2.46. The van der Waals surface area contributed by atoms with E-state index < -0.39 is 6.67 Å². The molecule has 0 aliphatic carbocycles. The highest BCUT2D eigenvalue weighted by atomic mass is 35.5. The van der Waals surface area contributed by atoms with Crippen LogP contribution < -0.4 is 14.8 Å². The molecule has 1 N–H and O–H groups in total. The zero-order valence-corrected chi connectivity index (χ0v) is 13.9. The Bertz CT molecular complexity index is 418. The van der Waals surface area contributed by atoms with Gasteiger partial charge in [0.25, 0.3) is 0 Å². The van der Waals surface area contributed by atoms with Gasteiger partial charge in [-0.2, -0.15) is 0 Å². The average molecular weight is 341 g/mol. The normalized spacial score (nSPS) is 16.3. The summed E-state index contributed by atoms with van der Waals surface area (Å²) >= 11 is 0. The Morgan fingerprint density at radius 3 is 2.38 bits per heavy atom. The van der Waals surface area contributed by atoms with E-state index in [9.17, 15) is 4.39 Å². The Labute approximate surface area is 137 Å². The van der Waals surface area contributed by atoms with Crippen LogP contribution in [0.5, 0.6) is 11.5 Å². The lowest BCUT2D eigenvalue weighted by Gasteiger charge is -2.34. The molecule has 1 aromatic rings. The van der Waals surface area contributed by atoms with Crippen molar-refractivity contribution in [3.05, 3.63) is 23.8 Å². The molecular formula is C14H23Cl2FN2O2. The Balaban J connectivity index is 0.00000200. The van der Waals surface area contributed by atoms with E-state index in [4.69, 9.17) is 9.47 Å². The average Bonchev–Trinajstić information content (AvgIpc) is 2.49. The Morgan fingerprint density at radius 2 is 1.86 bits per heavy atom. The molecule has 0 spiro atoms. The summed E-state index contributed by atoms with van der Waals surface area (Å²) in [6.45, 7) is 3.08. The highest BCUT2D eigenvalue weighted by Crippen LogP contribution is 2.33. The third-order valence-electron chi connectivity index (χ3n) is 3.54. The summed E-state index contributed by atoms with van der Waals surface area (Å²) in [6.07, 6.45) is 0. The number of benzene rings is 1. The summed E-state index contributed by atoms with van der Waals surface area (Å²) in [6, 6.07) is 5.30. The van der Waals surface area contributed by atoms with E-state index in [0.29, 0.717) is 5.75 Å². The first-order valence-electron chi connectivity index (χ1n) is 6.52. The van der Waals surface area contributed by atoms with Gasteiger partial charge >= 0.3 is 0 Å². The molecule has 0 bridgehead atoms. The van der Waals surface area contributed by atoms with Crippen molar-refractivity contribution in [1.29, 1.82) is 0 Å². The van der Waals surface area contributed by atoms with Crippen LogP contribution >= 0.6 is 24.8 Å². The van der Waals surface area contributed by atoms with Crippen LogP contribution in [0.4, 0.5) is 4.39 Å². The van der Waals surface area contributed by atoms with Crippen LogP contribution in [-0.4, -0.2) is 52.0 Å². The summed E-state index contributed by atoms with van der Waals surface area (Å²) in [5.41, 5.74) is 0.882. The highest BCUT2D eigenvalue weighted by molar-refractivity contribution is 5.85. The molecule has 4 nitrogen and oxygen atoms in total. The van der Waals surface area contributed by atoms with E-state index in [1.807, 2.05) is 12.1 Å². The summed E-state index contributed by atoms with van der Waals surface area (Å²) < 4.78 is 24.0. The lowest BCUT2D eigenvalue weighted by Crippen LogP contribution is -2.45. The molecule has 1 heterocycles. The topological polar surface area (TPSA) is 33.7 Å². The number of alkyl halides is 1. The van der Waals surface area contributed by atoms with Crippen molar-refractivity contribution in [2.75, 3.05) is 47.1 Å². The van der Waals surface area contributed by atoms with Crippen LogP contribution in [0.1, 0.15) is 11.6 Å². The van der Waals surface area contributed by atoms with E-state index in [-0.39, 0.29) is 30.9 Å². The van der Waals surface area contributed by atoms with Crippen LogP contribution in [0.3, 0.4) is 0 Å². The molecule has 0 amide bonds. The zero-order valence-electron chi connectivity index (χ0n) is 12.3. The summed E-state index contributed by atoms with van der Waals surface area (Å²) in [5.74, 6) is 1.40. The van der Waals surface area contributed by atoms with Gasteiger partial charge in [0.1, 0.15) is 18.2 Å². The van der Waals surface area contributed by atoms with Gasteiger partial charge in [0.2, 0.25) is 0 Å². The van der Waals surface area contributed by atoms with Crippen molar-refractivity contribution in [2.45, 2.75) is 6.04 Å². The van der Waals surface area contributed by atoms with Gasteiger partial charge in [0.05, 0.1) is 20.3 Å². The second-order valence-corrected chi connectivity index (χ2v) is 4.56. The Kier molecular flexibility index (Phi) is 9.70. The number of hydrogen-bond acceptors (Lipinski definition) is 4. The number of rotatable bonds is 5. The molecule has 1 fully saturated rings. The van der Waals surface area contributed by atoms with Crippen molar-refractivity contribution >= 4 is 24.8 Å². The van der Waals surface area contributed by atoms with Gasteiger partial charge in [-0.1, -0.05) is 0 Å². The molecule has 7 heteroatoms. The van der Waals surface area contributed by atoms with E-state index >= 15 is 0 Å². The summed E-state index contributed by atoms with van der Waals surface area (Å²) in [7, 11) is 3.21. The molecule has 1 aromatic carbocycles. The summed E-state index contributed by atoms with van der Waals surface area (Å²) in [4.78, 5) is 2.15. The molecule has 0 radical (unpaired) electrons. The predicted octanol–water partition coefficient (Wildman–Crippen LogP) is 2.46. The maximum absolute atomic E-state index is 13.5. The SMILES string of the molecule is COc1ccc([C@H](CF)N2CCNCC2)c(OC)c1.Cl.Cl. The largest absolute Gasteiger partial charge is 0.497 e. The van der Waals surface area contributed by atoms with Crippen molar-refractivity contribution in [2.24, 2.45) is 0 Å². The van der Waals surface area contributed by atoms with Crippen LogP contribution in [0.2, 0.25) is 0 Å². The fraction of sp³-hybridized carbons (Fsp3) is 0.571. The number of methoxy groups -OCH3 is 2. The number of ether oxygens (including phenoxy) is 2. The summed E-state index contributed by atoms with van der Waals surface area (Å²) in [5, 5.41) is 3.28. The smallest absolute Gasteiger partial charge is 0.127 e. The van der Waals surface area contributed by atoms with Crippen molar-refractivity contribution < 1.29 is 13.9 Å². The maximum atomic E-state index is 13.5. The minimum absolute atomic E-state index is 0. The molecule has 21 heavy (non-hydrogen) atoms. The van der Waals surface area contributed by atoms with Gasteiger partial charge in [0.15, 0.2) is 0 Å². The second-order valence-electron chi connectivity index (χ2n) is 4.56. The number of halogens is 3. The Morgan fingerprint density at radius 1 is 1.19 bits per heavy atom. The number of nitrogens with one attached hydrogen (secondary N) is 1. The van der Waals surface area contributed by atoms with Gasteiger partial charge in [0, 0.05) is 37.8 Å². The van der Waals surface area contributed by atoms with Crippen molar-refractivity contribution in [1.82, 2.24) is 10.2 Å². The van der Waals surface area contributed by atoms with Crippen molar-refractivity contribution in [3.8, 4) is 11.5 Å². The third-order valence-corrected chi connectivity index (χ3v) is 3.54. The second kappa shape index (κ2) is 10.1. The standard InChI is InChI=1S/C14H21FN2O2.2ClH/c1-18-11-3-4-12(14(9-11)19-2)13(10-15)17-7-5-16-6-8-17;;/h3-4,9,13,16H,5-8,10H2,1-2H3;2*1H/t13-;;/m0../s1. The maximum Gasteiger partial charge on any atom is 0.127 e. The minimum Gasteiger partial charge on any atom is -0.497 e. The zero-order chi connectivity index (χ0) is 13.7. The van der Waals surface area contributed by atoms with Crippen LogP contribution in [0.15, 0.2) is 18.2 Å². The lowest BCUT2D eigenvalue weighted by atomic mass is 10.0. The van der Waals surface area contributed by atoms with E-state index in [2.05, 4.69) is 10.2 Å². The Hall–Kier alpha value is -0.750. The molecule has 1 atom stereocenters. The van der Waals surface area contributed by atoms with E-state index in [0.717, 1.165) is 37.5 Å². The first-order chi connectivity index (χ1) is 9.30. The van der Waals surface area contributed by atoms with Crippen LogP contribution in [0, 0.1) is 0 Å². The molecule has 1 aliphatic rings.